The summed E-state index contributed by atoms with van der Waals surface area (Å²) in [5, 5.41) is 8.85. The standard InChI is InChI=1S/C12H13FO2/c1-12(7-10(12)11(14)15)6-8-3-2-4-9(13)5-8/h2-5,10H,6-7H2,1H3,(H,14,15). The molecule has 0 amide bonds. The van der Waals surface area contributed by atoms with E-state index in [2.05, 4.69) is 0 Å². The number of carboxylic acid groups (broad SMARTS) is 1. The molecular formula is C12H13FO2. The van der Waals surface area contributed by atoms with Gasteiger partial charge in [-0.1, -0.05) is 19.1 Å². The molecule has 1 aliphatic rings. The predicted molar refractivity (Wildman–Crippen MR) is 54.0 cm³/mol. The van der Waals surface area contributed by atoms with Crippen molar-refractivity contribution in [3.8, 4) is 0 Å². The van der Waals surface area contributed by atoms with Gasteiger partial charge in [0.05, 0.1) is 5.92 Å². The lowest BCUT2D eigenvalue weighted by Gasteiger charge is -2.09. The quantitative estimate of drug-likeness (QED) is 0.828. The Morgan fingerprint density at radius 3 is 2.93 bits per heavy atom. The molecule has 1 saturated carbocycles. The lowest BCUT2D eigenvalue weighted by atomic mass is 9.96. The van der Waals surface area contributed by atoms with Gasteiger partial charge in [0.15, 0.2) is 0 Å². The Morgan fingerprint density at radius 1 is 1.67 bits per heavy atom. The van der Waals surface area contributed by atoms with Crippen LogP contribution < -0.4 is 0 Å². The molecule has 0 bridgehead atoms. The van der Waals surface area contributed by atoms with Gasteiger partial charge in [0.25, 0.3) is 0 Å². The van der Waals surface area contributed by atoms with Gasteiger partial charge in [0, 0.05) is 0 Å². The summed E-state index contributed by atoms with van der Waals surface area (Å²) in [7, 11) is 0. The van der Waals surface area contributed by atoms with Gasteiger partial charge in [-0.15, -0.1) is 0 Å². The average molecular weight is 208 g/mol. The largest absolute Gasteiger partial charge is 0.481 e. The Bertz CT molecular complexity index is 402. The first kappa shape index (κ1) is 10.1. The number of carboxylic acids is 1. The van der Waals surface area contributed by atoms with E-state index in [4.69, 9.17) is 5.11 Å². The van der Waals surface area contributed by atoms with Crippen molar-refractivity contribution in [2.24, 2.45) is 11.3 Å². The molecule has 1 aromatic carbocycles. The molecule has 1 N–H and O–H groups in total. The monoisotopic (exact) mass is 208 g/mol. The summed E-state index contributed by atoms with van der Waals surface area (Å²) in [6, 6.07) is 6.37. The van der Waals surface area contributed by atoms with Crippen molar-refractivity contribution >= 4 is 5.97 Å². The number of aliphatic carboxylic acids is 1. The molecule has 1 fully saturated rings. The molecule has 2 rings (SSSR count). The first-order chi connectivity index (χ1) is 7.01. The number of hydrogen-bond acceptors (Lipinski definition) is 1. The van der Waals surface area contributed by atoms with Crippen LogP contribution in [-0.2, 0) is 11.2 Å². The third kappa shape index (κ3) is 2.01. The van der Waals surface area contributed by atoms with Gasteiger partial charge in [-0.3, -0.25) is 4.79 Å². The fourth-order valence-electron chi connectivity index (χ4n) is 2.10. The van der Waals surface area contributed by atoms with E-state index in [-0.39, 0.29) is 17.2 Å². The summed E-state index contributed by atoms with van der Waals surface area (Å²) >= 11 is 0. The maximum Gasteiger partial charge on any atom is 0.307 e. The summed E-state index contributed by atoms with van der Waals surface area (Å²) in [6.45, 7) is 1.94. The number of carbonyl (C=O) groups is 1. The molecule has 0 heterocycles. The van der Waals surface area contributed by atoms with E-state index < -0.39 is 5.97 Å². The minimum Gasteiger partial charge on any atom is -0.481 e. The second kappa shape index (κ2) is 3.33. The van der Waals surface area contributed by atoms with Crippen LogP contribution in [0.4, 0.5) is 4.39 Å². The van der Waals surface area contributed by atoms with Crippen LogP contribution in [0.3, 0.4) is 0 Å². The highest BCUT2D eigenvalue weighted by atomic mass is 19.1. The molecule has 0 spiro atoms. The molecule has 1 aliphatic carbocycles. The van der Waals surface area contributed by atoms with Crippen LogP contribution in [0.2, 0.25) is 0 Å². The maximum absolute atomic E-state index is 12.9. The normalized spacial score (nSPS) is 28.8. The Hall–Kier alpha value is -1.38. The molecular weight excluding hydrogens is 195 g/mol. The van der Waals surface area contributed by atoms with Crippen LogP contribution in [-0.4, -0.2) is 11.1 Å². The van der Waals surface area contributed by atoms with Gasteiger partial charge in [-0.05, 0) is 36.0 Å². The molecule has 0 aliphatic heterocycles. The summed E-state index contributed by atoms with van der Waals surface area (Å²) in [5.41, 5.74) is 0.695. The van der Waals surface area contributed by atoms with Gasteiger partial charge < -0.3 is 5.11 Å². The second-order valence-electron chi connectivity index (χ2n) is 4.56. The topological polar surface area (TPSA) is 37.3 Å². The Kier molecular flexibility index (Phi) is 2.25. The van der Waals surface area contributed by atoms with Gasteiger partial charge >= 0.3 is 5.97 Å². The highest BCUT2D eigenvalue weighted by molar-refractivity contribution is 5.74. The van der Waals surface area contributed by atoms with Crippen molar-refractivity contribution < 1.29 is 14.3 Å². The summed E-state index contributed by atoms with van der Waals surface area (Å²) in [4.78, 5) is 10.8. The minimum atomic E-state index is -0.742. The van der Waals surface area contributed by atoms with E-state index in [1.54, 1.807) is 6.07 Å². The van der Waals surface area contributed by atoms with E-state index in [0.29, 0.717) is 12.8 Å². The van der Waals surface area contributed by atoms with Crippen molar-refractivity contribution in [2.45, 2.75) is 19.8 Å². The number of halogens is 1. The number of benzene rings is 1. The molecule has 0 saturated heterocycles. The highest BCUT2D eigenvalue weighted by Crippen LogP contribution is 2.54. The fourth-order valence-corrected chi connectivity index (χ4v) is 2.10. The lowest BCUT2D eigenvalue weighted by molar-refractivity contribution is -0.139. The van der Waals surface area contributed by atoms with E-state index in [9.17, 15) is 9.18 Å². The molecule has 80 valence electrons. The molecule has 2 nitrogen and oxygen atoms in total. The third-order valence-corrected chi connectivity index (χ3v) is 3.15. The van der Waals surface area contributed by atoms with E-state index in [0.717, 1.165) is 5.56 Å². The first-order valence-electron chi connectivity index (χ1n) is 4.98. The van der Waals surface area contributed by atoms with Crippen molar-refractivity contribution in [3.05, 3.63) is 35.6 Å². The SMILES string of the molecule is CC1(Cc2cccc(F)c2)CC1C(=O)O. The van der Waals surface area contributed by atoms with Crippen LogP contribution in [0.15, 0.2) is 24.3 Å². The maximum atomic E-state index is 12.9. The zero-order valence-corrected chi connectivity index (χ0v) is 8.53. The van der Waals surface area contributed by atoms with Crippen LogP contribution in [0.25, 0.3) is 0 Å². The second-order valence-corrected chi connectivity index (χ2v) is 4.56. The van der Waals surface area contributed by atoms with Crippen molar-refractivity contribution in [1.82, 2.24) is 0 Å². The third-order valence-electron chi connectivity index (χ3n) is 3.15. The summed E-state index contributed by atoms with van der Waals surface area (Å²) < 4.78 is 12.9. The van der Waals surface area contributed by atoms with Crippen molar-refractivity contribution in [3.63, 3.8) is 0 Å². The van der Waals surface area contributed by atoms with E-state index in [1.807, 2.05) is 13.0 Å². The molecule has 0 radical (unpaired) electrons. The van der Waals surface area contributed by atoms with Crippen molar-refractivity contribution in [1.29, 1.82) is 0 Å². The highest BCUT2D eigenvalue weighted by Gasteiger charge is 2.54. The Labute approximate surface area is 87.7 Å². The fraction of sp³-hybridized carbons (Fsp3) is 0.417. The van der Waals surface area contributed by atoms with Crippen LogP contribution in [0.1, 0.15) is 18.9 Å². The molecule has 0 aromatic heterocycles. The Morgan fingerprint density at radius 2 is 2.40 bits per heavy atom. The zero-order valence-electron chi connectivity index (χ0n) is 8.53. The number of rotatable bonds is 3. The molecule has 2 atom stereocenters. The molecule has 1 aromatic rings. The van der Waals surface area contributed by atoms with E-state index in [1.165, 1.54) is 12.1 Å². The van der Waals surface area contributed by atoms with Crippen molar-refractivity contribution in [2.75, 3.05) is 0 Å². The van der Waals surface area contributed by atoms with Crippen LogP contribution in [0, 0.1) is 17.2 Å². The molecule has 2 unspecified atom stereocenters. The van der Waals surface area contributed by atoms with Crippen LogP contribution >= 0.6 is 0 Å². The van der Waals surface area contributed by atoms with Gasteiger partial charge in [0.2, 0.25) is 0 Å². The summed E-state index contributed by atoms with van der Waals surface area (Å²) in [5.74, 6) is -1.27. The lowest BCUT2D eigenvalue weighted by Crippen LogP contribution is -2.09. The zero-order chi connectivity index (χ0) is 11.1. The molecule has 15 heavy (non-hydrogen) atoms. The molecule has 3 heteroatoms. The summed E-state index contributed by atoms with van der Waals surface area (Å²) in [6.07, 6.45) is 1.33. The van der Waals surface area contributed by atoms with E-state index >= 15 is 0 Å². The number of hydrogen-bond donors (Lipinski definition) is 1. The van der Waals surface area contributed by atoms with Gasteiger partial charge in [0.1, 0.15) is 5.82 Å². The minimum absolute atomic E-state index is 0.181. The average Bonchev–Trinajstić information content (AvgIpc) is 2.77. The smallest absolute Gasteiger partial charge is 0.307 e. The van der Waals surface area contributed by atoms with Gasteiger partial charge in [-0.2, -0.15) is 0 Å². The van der Waals surface area contributed by atoms with Gasteiger partial charge in [-0.25, -0.2) is 4.39 Å². The van der Waals surface area contributed by atoms with Crippen LogP contribution in [0.5, 0.6) is 0 Å². The Balaban J connectivity index is 2.08. The first-order valence-corrected chi connectivity index (χ1v) is 4.98. The predicted octanol–water partition coefficient (Wildman–Crippen LogP) is 2.48.